The number of carbonyl (C=O) groups excluding carboxylic acids is 2. The van der Waals surface area contributed by atoms with Crippen LogP contribution in [0.25, 0.3) is 28.0 Å². The highest BCUT2D eigenvalue weighted by Crippen LogP contribution is 2.65. The maximum Gasteiger partial charge on any atom is 0.290 e. The monoisotopic (exact) mass is 481 g/mol. The molecule has 35 heavy (non-hydrogen) atoms. The zero-order chi connectivity index (χ0) is 23.7. The summed E-state index contributed by atoms with van der Waals surface area (Å²) < 4.78 is 5.91. The van der Waals surface area contributed by atoms with E-state index in [9.17, 15) is 9.59 Å². The van der Waals surface area contributed by atoms with Gasteiger partial charge in [0.15, 0.2) is 0 Å². The molecule has 3 aromatic carbocycles. The largest absolute Gasteiger partial charge is 0.496 e. The second-order valence-electron chi connectivity index (χ2n) is 10.8. The van der Waals surface area contributed by atoms with Crippen LogP contribution < -0.4 is 10.1 Å². The topological polar surface area (TPSA) is 55.4 Å². The van der Waals surface area contributed by atoms with E-state index in [4.69, 9.17) is 4.74 Å². The summed E-state index contributed by atoms with van der Waals surface area (Å²) in [4.78, 5) is 24.2. The Morgan fingerprint density at radius 2 is 1.74 bits per heavy atom. The molecule has 8 rings (SSSR count). The van der Waals surface area contributed by atoms with Gasteiger partial charge < -0.3 is 4.74 Å². The van der Waals surface area contributed by atoms with Gasteiger partial charge in [-0.3, -0.25) is 14.9 Å². The second-order valence-corrected chi connectivity index (χ2v) is 11.8. The molecule has 0 spiro atoms. The van der Waals surface area contributed by atoms with Gasteiger partial charge in [0.1, 0.15) is 5.75 Å². The lowest BCUT2D eigenvalue weighted by Gasteiger charge is -2.40. The van der Waals surface area contributed by atoms with E-state index >= 15 is 0 Å². The number of rotatable bonds is 4. The first-order valence-electron chi connectivity index (χ1n) is 12.5. The molecule has 5 fully saturated rings. The summed E-state index contributed by atoms with van der Waals surface area (Å²) in [6, 6.07) is 19.2. The molecule has 2 unspecified atom stereocenters. The number of ether oxygens (including phenoxy) is 1. The van der Waals surface area contributed by atoms with Crippen LogP contribution in [0.1, 0.15) is 43.2 Å². The molecule has 1 heterocycles. The number of hydrogen-bond acceptors (Lipinski definition) is 4. The average molecular weight is 482 g/mol. The van der Waals surface area contributed by atoms with Crippen molar-refractivity contribution >= 4 is 39.8 Å². The fraction of sp³-hybridized carbons (Fsp3) is 0.333. The van der Waals surface area contributed by atoms with Crippen molar-refractivity contribution < 1.29 is 14.3 Å². The predicted octanol–water partition coefficient (Wildman–Crippen LogP) is 6.92. The van der Waals surface area contributed by atoms with Gasteiger partial charge in [-0.25, -0.2) is 0 Å². The van der Waals surface area contributed by atoms with Crippen LogP contribution in [0, 0.1) is 17.8 Å². The van der Waals surface area contributed by atoms with E-state index in [2.05, 4.69) is 47.8 Å². The summed E-state index contributed by atoms with van der Waals surface area (Å²) >= 11 is 0.957. The molecule has 1 saturated heterocycles. The molecule has 0 aromatic heterocycles. The summed E-state index contributed by atoms with van der Waals surface area (Å²) in [6.07, 6.45) is 8.59. The van der Waals surface area contributed by atoms with Crippen molar-refractivity contribution in [3.8, 4) is 16.9 Å². The first-order chi connectivity index (χ1) is 17.0. The molecule has 4 nitrogen and oxygen atoms in total. The summed E-state index contributed by atoms with van der Waals surface area (Å²) in [5, 5.41) is 4.24. The molecule has 4 aliphatic carbocycles. The van der Waals surface area contributed by atoms with Gasteiger partial charge in [-0.2, -0.15) is 0 Å². The SMILES string of the molecule is COc1ccc(-c2cccc3c(/C=C4\SC(=O)NC4=O)cccc23)cc1C12CC3CC(C1)C(C3)C2. The lowest BCUT2D eigenvalue weighted by molar-refractivity contribution is -0.115. The van der Waals surface area contributed by atoms with Crippen LogP contribution in [0.5, 0.6) is 5.75 Å². The third kappa shape index (κ3) is 3.28. The molecule has 2 amide bonds. The quantitative estimate of drug-likeness (QED) is 0.411. The van der Waals surface area contributed by atoms with E-state index < -0.39 is 0 Å². The van der Waals surface area contributed by atoms with Gasteiger partial charge in [0.05, 0.1) is 12.0 Å². The van der Waals surface area contributed by atoms with Gasteiger partial charge in [0.2, 0.25) is 0 Å². The zero-order valence-electron chi connectivity index (χ0n) is 19.7. The van der Waals surface area contributed by atoms with Crippen molar-refractivity contribution in [1.29, 1.82) is 0 Å². The molecule has 5 aliphatic rings. The lowest BCUT2D eigenvalue weighted by Crippen LogP contribution is -2.32. The molecular weight excluding hydrogens is 454 g/mol. The van der Waals surface area contributed by atoms with E-state index in [0.717, 1.165) is 51.6 Å². The molecule has 176 valence electrons. The van der Waals surface area contributed by atoms with Crippen LogP contribution in [-0.2, 0) is 10.2 Å². The van der Waals surface area contributed by atoms with Gasteiger partial charge in [-0.05, 0) is 113 Å². The third-order valence-electron chi connectivity index (χ3n) is 8.89. The zero-order valence-corrected chi connectivity index (χ0v) is 20.5. The van der Waals surface area contributed by atoms with Crippen molar-refractivity contribution in [2.75, 3.05) is 7.11 Å². The Morgan fingerprint density at radius 3 is 2.46 bits per heavy atom. The second kappa shape index (κ2) is 7.72. The number of amides is 2. The van der Waals surface area contributed by atoms with Gasteiger partial charge in [-0.15, -0.1) is 0 Å². The highest BCUT2D eigenvalue weighted by Gasteiger charge is 2.57. The summed E-state index contributed by atoms with van der Waals surface area (Å²) in [5.41, 5.74) is 4.98. The van der Waals surface area contributed by atoms with Crippen molar-refractivity contribution in [2.45, 2.75) is 37.5 Å². The number of nitrogens with one attached hydrogen (secondary N) is 1. The van der Waals surface area contributed by atoms with Crippen LogP contribution in [0.3, 0.4) is 0 Å². The minimum atomic E-state index is -0.326. The van der Waals surface area contributed by atoms with E-state index in [0.29, 0.717) is 4.91 Å². The smallest absolute Gasteiger partial charge is 0.290 e. The van der Waals surface area contributed by atoms with Crippen LogP contribution in [0.4, 0.5) is 4.79 Å². The van der Waals surface area contributed by atoms with Gasteiger partial charge in [-0.1, -0.05) is 42.5 Å². The molecular formula is C30H27NO3S. The van der Waals surface area contributed by atoms with Crippen molar-refractivity contribution in [1.82, 2.24) is 5.32 Å². The fourth-order valence-corrected chi connectivity index (χ4v) is 8.38. The molecule has 1 N–H and O–H groups in total. The van der Waals surface area contributed by atoms with Gasteiger partial charge in [0.25, 0.3) is 11.1 Å². The van der Waals surface area contributed by atoms with Crippen LogP contribution in [0.15, 0.2) is 59.5 Å². The maximum absolute atomic E-state index is 12.1. The average Bonchev–Trinajstić information content (AvgIpc) is 3.43. The number of benzene rings is 3. The Kier molecular flexibility index (Phi) is 4.69. The van der Waals surface area contributed by atoms with Crippen LogP contribution >= 0.6 is 11.8 Å². The number of carbonyl (C=O) groups is 2. The van der Waals surface area contributed by atoms with Crippen LogP contribution in [0.2, 0.25) is 0 Å². The number of hydrogen-bond donors (Lipinski definition) is 1. The van der Waals surface area contributed by atoms with Crippen molar-refractivity contribution in [2.24, 2.45) is 17.8 Å². The van der Waals surface area contributed by atoms with E-state index in [1.807, 2.05) is 18.2 Å². The molecule has 2 atom stereocenters. The molecule has 4 bridgehead atoms. The van der Waals surface area contributed by atoms with Crippen molar-refractivity contribution in [3.63, 3.8) is 0 Å². The van der Waals surface area contributed by atoms with Crippen LogP contribution in [-0.4, -0.2) is 18.3 Å². The normalized spacial score (nSPS) is 30.0. The standard InChI is InChI=1S/C30H27NO3S/c1-34-26-9-8-19(12-25(26)30-14-17-10-20(15-30)21(11-17)16-30)23-6-3-5-22-18(4-2-7-24(22)23)13-27-28(32)31-29(33)35-27/h2-9,12-13,17,20-21H,10-11,14-16H2,1H3,(H,31,32,33)/b27-13-. The third-order valence-corrected chi connectivity index (χ3v) is 9.70. The first kappa shape index (κ1) is 21.3. The summed E-state index contributed by atoms with van der Waals surface area (Å²) in [6.45, 7) is 0. The van der Waals surface area contributed by atoms with E-state index in [1.165, 1.54) is 48.8 Å². The number of fused-ring (bicyclic) bond motifs is 1. The molecule has 4 saturated carbocycles. The molecule has 0 radical (unpaired) electrons. The molecule has 5 heteroatoms. The van der Waals surface area contributed by atoms with Gasteiger partial charge in [0, 0.05) is 5.56 Å². The van der Waals surface area contributed by atoms with Gasteiger partial charge >= 0.3 is 0 Å². The molecule has 1 aliphatic heterocycles. The highest BCUT2D eigenvalue weighted by molar-refractivity contribution is 8.18. The van der Waals surface area contributed by atoms with E-state index in [1.54, 1.807) is 7.11 Å². The number of imide groups is 1. The Morgan fingerprint density at radius 1 is 0.971 bits per heavy atom. The van der Waals surface area contributed by atoms with Crippen molar-refractivity contribution in [3.05, 3.63) is 70.6 Å². The number of methoxy groups -OCH3 is 1. The summed E-state index contributed by atoms with van der Waals surface area (Å²) in [5.74, 6) is 3.37. The lowest BCUT2D eigenvalue weighted by atomic mass is 9.65. The minimum Gasteiger partial charge on any atom is -0.496 e. The summed E-state index contributed by atoms with van der Waals surface area (Å²) in [7, 11) is 1.80. The maximum atomic E-state index is 12.1. The predicted molar refractivity (Wildman–Crippen MR) is 140 cm³/mol. The first-order valence-corrected chi connectivity index (χ1v) is 13.3. The minimum absolute atomic E-state index is 0.262. The Labute approximate surface area is 209 Å². The molecule has 3 aromatic rings. The van der Waals surface area contributed by atoms with E-state index in [-0.39, 0.29) is 16.6 Å². The fourth-order valence-electron chi connectivity index (χ4n) is 7.70. The highest BCUT2D eigenvalue weighted by atomic mass is 32.2. The Hall–Kier alpha value is -3.05. The Balaban J connectivity index is 1.34. The number of thioether (sulfide) groups is 1. The Bertz CT molecular complexity index is 1420.